The van der Waals surface area contributed by atoms with Crippen molar-refractivity contribution in [3.8, 4) is 0 Å². The molecule has 1 fully saturated rings. The topological polar surface area (TPSA) is 37.3 Å². The molecule has 6 heteroatoms. The number of benzene rings is 1. The number of carboxylic acids is 1. The number of hydrogen-bond acceptors (Lipinski definition) is 1. The van der Waals surface area contributed by atoms with Gasteiger partial charge in [-0.1, -0.05) is 29.3 Å². The van der Waals surface area contributed by atoms with Crippen LogP contribution in [0, 0.1) is 5.92 Å². The third-order valence-corrected chi connectivity index (χ3v) is 5.08. The molecule has 2 unspecified atom stereocenters. The molecule has 1 saturated carbocycles. The molecule has 1 aliphatic rings. The minimum atomic E-state index is -2.80. The van der Waals surface area contributed by atoms with Gasteiger partial charge >= 0.3 is 5.97 Å². The van der Waals surface area contributed by atoms with E-state index in [0.29, 0.717) is 23.4 Å². The van der Waals surface area contributed by atoms with E-state index in [0.717, 1.165) is 0 Å². The number of rotatable bonds is 4. The molecule has 1 N–H and O–H groups in total. The molecule has 21 heavy (non-hydrogen) atoms. The Balaban J connectivity index is 2.36. The molecule has 2 nitrogen and oxygen atoms in total. The first-order valence-corrected chi connectivity index (χ1v) is 7.49. The van der Waals surface area contributed by atoms with Crippen molar-refractivity contribution in [2.75, 3.05) is 0 Å². The average molecular weight is 337 g/mol. The fourth-order valence-electron chi connectivity index (χ4n) is 2.91. The Bertz CT molecular complexity index is 563. The number of aliphatic carboxylic acids is 1. The van der Waals surface area contributed by atoms with E-state index in [-0.39, 0.29) is 17.9 Å². The van der Waals surface area contributed by atoms with Gasteiger partial charge in [0.15, 0.2) is 0 Å². The largest absolute Gasteiger partial charge is 0.481 e. The lowest BCUT2D eigenvalue weighted by Gasteiger charge is -2.31. The normalized spacial score (nSPS) is 23.8. The number of carboxylic acid groups (broad SMARTS) is 1. The summed E-state index contributed by atoms with van der Waals surface area (Å²) in [4.78, 5) is 11.7. The molecule has 0 aliphatic heterocycles. The van der Waals surface area contributed by atoms with Crippen LogP contribution in [0.15, 0.2) is 18.2 Å². The van der Waals surface area contributed by atoms with Crippen LogP contribution in [0.5, 0.6) is 0 Å². The van der Waals surface area contributed by atoms with Crippen LogP contribution in [0.3, 0.4) is 0 Å². The lowest BCUT2D eigenvalue weighted by molar-refractivity contribution is -0.145. The summed E-state index contributed by atoms with van der Waals surface area (Å²) < 4.78 is 27.6. The first-order valence-electron chi connectivity index (χ1n) is 6.73. The average Bonchev–Trinajstić information content (AvgIpc) is 2.71. The van der Waals surface area contributed by atoms with E-state index in [4.69, 9.17) is 23.2 Å². The lowest BCUT2D eigenvalue weighted by atomic mass is 9.74. The summed E-state index contributed by atoms with van der Waals surface area (Å²) >= 11 is 11.8. The summed E-state index contributed by atoms with van der Waals surface area (Å²) in [6, 6.07) is 4.48. The van der Waals surface area contributed by atoms with Gasteiger partial charge in [-0.05, 0) is 43.9 Å². The van der Waals surface area contributed by atoms with Gasteiger partial charge in [-0.15, -0.1) is 0 Å². The predicted octanol–water partition coefficient (Wildman–Crippen LogP) is 5.16. The van der Waals surface area contributed by atoms with Crippen LogP contribution in [0.2, 0.25) is 10.0 Å². The van der Waals surface area contributed by atoms with Crippen LogP contribution in [-0.2, 0) is 10.2 Å². The molecule has 0 amide bonds. The highest BCUT2D eigenvalue weighted by Crippen LogP contribution is 2.47. The van der Waals surface area contributed by atoms with Crippen LogP contribution in [0.4, 0.5) is 8.78 Å². The molecule has 0 heterocycles. The van der Waals surface area contributed by atoms with Crippen LogP contribution in [0.1, 0.15) is 38.2 Å². The molecule has 1 aliphatic carbocycles. The maximum Gasteiger partial charge on any atom is 0.313 e. The molecule has 0 radical (unpaired) electrons. The zero-order chi connectivity index (χ0) is 15.8. The van der Waals surface area contributed by atoms with E-state index in [1.54, 1.807) is 0 Å². The molecular weight excluding hydrogens is 321 g/mol. The summed E-state index contributed by atoms with van der Waals surface area (Å²) in [6.45, 7) is 1.46. The monoisotopic (exact) mass is 336 g/mol. The number of alkyl halides is 2. The van der Waals surface area contributed by atoms with Crippen molar-refractivity contribution in [1.29, 1.82) is 0 Å². The fourth-order valence-corrected chi connectivity index (χ4v) is 3.21. The molecule has 0 spiro atoms. The van der Waals surface area contributed by atoms with E-state index in [9.17, 15) is 18.7 Å². The fraction of sp³-hybridized carbons (Fsp3) is 0.533. The van der Waals surface area contributed by atoms with Gasteiger partial charge in [-0.25, -0.2) is 8.78 Å². The number of carbonyl (C=O) groups is 1. The zero-order valence-corrected chi connectivity index (χ0v) is 13.0. The molecule has 116 valence electrons. The van der Waals surface area contributed by atoms with Gasteiger partial charge in [-0.3, -0.25) is 4.79 Å². The van der Waals surface area contributed by atoms with Crippen molar-refractivity contribution in [2.24, 2.45) is 5.92 Å². The van der Waals surface area contributed by atoms with E-state index in [1.165, 1.54) is 25.1 Å². The zero-order valence-electron chi connectivity index (χ0n) is 11.5. The van der Waals surface area contributed by atoms with Crippen LogP contribution in [-0.4, -0.2) is 17.0 Å². The number of halogens is 4. The van der Waals surface area contributed by atoms with Crippen molar-refractivity contribution in [1.82, 2.24) is 0 Å². The van der Waals surface area contributed by atoms with Gasteiger partial charge in [0.25, 0.3) is 5.92 Å². The van der Waals surface area contributed by atoms with Gasteiger partial charge in [0, 0.05) is 12.3 Å². The molecule has 2 atom stereocenters. The van der Waals surface area contributed by atoms with Crippen molar-refractivity contribution in [2.45, 2.75) is 43.9 Å². The van der Waals surface area contributed by atoms with Crippen molar-refractivity contribution < 1.29 is 18.7 Å². The maximum atomic E-state index is 13.8. The Morgan fingerprint density at radius 1 is 1.43 bits per heavy atom. The second-order valence-corrected chi connectivity index (χ2v) is 6.63. The van der Waals surface area contributed by atoms with Crippen LogP contribution >= 0.6 is 23.2 Å². The summed E-state index contributed by atoms with van der Waals surface area (Å²) in [6.07, 6.45) is 0.480. The van der Waals surface area contributed by atoms with Gasteiger partial charge < -0.3 is 5.11 Å². The highest BCUT2D eigenvalue weighted by atomic mass is 35.5. The van der Waals surface area contributed by atoms with E-state index in [2.05, 4.69) is 0 Å². The minimum Gasteiger partial charge on any atom is -0.481 e. The van der Waals surface area contributed by atoms with E-state index < -0.39 is 23.2 Å². The van der Waals surface area contributed by atoms with Gasteiger partial charge in [-0.2, -0.15) is 0 Å². The highest BCUT2D eigenvalue weighted by molar-refractivity contribution is 6.42. The lowest BCUT2D eigenvalue weighted by Crippen LogP contribution is -2.38. The second kappa shape index (κ2) is 5.73. The van der Waals surface area contributed by atoms with E-state index >= 15 is 0 Å². The van der Waals surface area contributed by atoms with Gasteiger partial charge in [0.05, 0.1) is 15.5 Å². The molecular formula is C15H16Cl2F2O2. The third kappa shape index (κ3) is 3.16. The second-order valence-electron chi connectivity index (χ2n) is 5.82. The molecule has 2 rings (SSSR count). The summed E-state index contributed by atoms with van der Waals surface area (Å²) in [7, 11) is 0. The highest BCUT2D eigenvalue weighted by Gasteiger charge is 2.49. The Morgan fingerprint density at radius 2 is 2.10 bits per heavy atom. The molecule has 0 aromatic heterocycles. The SMILES string of the molecule is CC(CC1CCCC1(F)F)(C(=O)O)c1ccc(Cl)c(Cl)c1. The minimum absolute atomic E-state index is 0.118. The molecule has 0 bridgehead atoms. The summed E-state index contributed by atoms with van der Waals surface area (Å²) in [5.41, 5.74) is -1.01. The van der Waals surface area contributed by atoms with Gasteiger partial charge in [0.1, 0.15) is 0 Å². The van der Waals surface area contributed by atoms with Gasteiger partial charge in [0.2, 0.25) is 0 Å². The summed E-state index contributed by atoms with van der Waals surface area (Å²) in [5, 5.41) is 10.1. The Hall–Kier alpha value is -0.870. The molecule has 1 aromatic rings. The third-order valence-electron chi connectivity index (χ3n) is 4.34. The standard InChI is InChI=1S/C15H16Cl2F2O2/c1-14(13(20)21,8-10-3-2-6-15(10,18)19)9-4-5-11(16)12(17)7-9/h4-5,7,10H,2-3,6,8H2,1H3,(H,20,21). The molecule has 1 aromatic carbocycles. The first kappa shape index (κ1) is 16.5. The Kier molecular flexibility index (Phi) is 4.50. The van der Waals surface area contributed by atoms with Crippen molar-refractivity contribution in [3.05, 3.63) is 33.8 Å². The Morgan fingerprint density at radius 3 is 2.57 bits per heavy atom. The van der Waals surface area contributed by atoms with Crippen LogP contribution in [0.25, 0.3) is 0 Å². The predicted molar refractivity (Wildman–Crippen MR) is 78.4 cm³/mol. The first-order chi connectivity index (χ1) is 9.67. The molecule has 0 saturated heterocycles. The van der Waals surface area contributed by atoms with Crippen molar-refractivity contribution >= 4 is 29.2 Å². The van der Waals surface area contributed by atoms with Crippen LogP contribution < -0.4 is 0 Å². The quantitative estimate of drug-likeness (QED) is 0.824. The summed E-state index contributed by atoms with van der Waals surface area (Å²) in [5.74, 6) is -4.86. The smallest absolute Gasteiger partial charge is 0.313 e. The maximum absolute atomic E-state index is 13.8. The number of hydrogen-bond donors (Lipinski definition) is 1. The van der Waals surface area contributed by atoms with Crippen molar-refractivity contribution in [3.63, 3.8) is 0 Å². The Labute approximate surface area is 132 Å². The van der Waals surface area contributed by atoms with E-state index in [1.807, 2.05) is 0 Å².